The van der Waals surface area contributed by atoms with Gasteiger partial charge in [0.1, 0.15) is 11.5 Å². The van der Waals surface area contributed by atoms with Crippen LogP contribution in [0.1, 0.15) is 59.8 Å². The van der Waals surface area contributed by atoms with Crippen LogP contribution in [0.25, 0.3) is 0 Å². The minimum absolute atomic E-state index is 0.0376. The number of Topliss-reactive ketones (excluding diaryl/α,β-unsaturated/α-hetero) is 1. The average molecular weight is 358 g/mol. The first kappa shape index (κ1) is 17.8. The van der Waals surface area contributed by atoms with Crippen LogP contribution in [0.2, 0.25) is 0 Å². The van der Waals surface area contributed by atoms with Gasteiger partial charge in [-0.3, -0.25) is 9.59 Å². The van der Waals surface area contributed by atoms with Crippen LogP contribution in [0.4, 0.5) is 0 Å². The van der Waals surface area contributed by atoms with E-state index in [-0.39, 0.29) is 23.0 Å². The molecule has 4 aliphatic carbocycles. The first-order chi connectivity index (χ1) is 12.1. The van der Waals surface area contributed by atoms with Crippen molar-refractivity contribution in [1.82, 2.24) is 0 Å². The van der Waals surface area contributed by atoms with E-state index in [1.807, 2.05) is 6.92 Å². The molecule has 0 aliphatic heterocycles. The van der Waals surface area contributed by atoms with E-state index in [1.54, 1.807) is 13.0 Å². The van der Waals surface area contributed by atoms with Crippen LogP contribution in [-0.4, -0.2) is 21.8 Å². The van der Waals surface area contributed by atoms with Crippen molar-refractivity contribution in [2.45, 2.75) is 59.8 Å². The van der Waals surface area contributed by atoms with Gasteiger partial charge in [0.25, 0.3) is 0 Å². The monoisotopic (exact) mass is 358 g/mol. The van der Waals surface area contributed by atoms with Crippen molar-refractivity contribution >= 4 is 11.6 Å². The largest absolute Gasteiger partial charge is 0.507 e. The summed E-state index contributed by atoms with van der Waals surface area (Å²) in [6, 6.07) is 0. The number of aliphatic hydroxyl groups is 2. The van der Waals surface area contributed by atoms with Crippen molar-refractivity contribution in [1.29, 1.82) is 0 Å². The number of allylic oxidation sites excluding steroid dienone is 2. The Bertz CT molecular complexity index is 747. The molecule has 0 spiro atoms. The molecule has 0 aromatic carbocycles. The molecule has 4 rings (SSSR count). The third-order valence-electron chi connectivity index (χ3n) is 8.63. The predicted octanol–water partition coefficient (Wildman–Crippen LogP) is 4.52. The van der Waals surface area contributed by atoms with Gasteiger partial charge in [0.2, 0.25) is 11.5 Å². The highest BCUT2D eigenvalue weighted by Gasteiger charge is 2.62. The number of carbonyl (C=O) groups is 2. The van der Waals surface area contributed by atoms with Crippen LogP contribution in [0.15, 0.2) is 23.2 Å². The molecule has 0 bridgehead atoms. The summed E-state index contributed by atoms with van der Waals surface area (Å²) >= 11 is 0. The van der Waals surface area contributed by atoms with E-state index in [2.05, 4.69) is 13.8 Å². The van der Waals surface area contributed by atoms with Gasteiger partial charge < -0.3 is 10.2 Å². The van der Waals surface area contributed by atoms with E-state index in [1.165, 1.54) is 0 Å². The maximum atomic E-state index is 12.4. The van der Waals surface area contributed by atoms with Gasteiger partial charge in [0.05, 0.1) is 5.41 Å². The Morgan fingerprint density at radius 3 is 2.54 bits per heavy atom. The summed E-state index contributed by atoms with van der Waals surface area (Å²) in [5.41, 5.74) is 0.368. The van der Waals surface area contributed by atoms with E-state index < -0.39 is 17.0 Å². The quantitative estimate of drug-likeness (QED) is 0.723. The molecule has 0 amide bonds. The lowest BCUT2D eigenvalue weighted by Crippen LogP contribution is -2.52. The maximum absolute atomic E-state index is 12.4. The molecule has 4 aliphatic rings. The van der Waals surface area contributed by atoms with Gasteiger partial charge in [-0.05, 0) is 81.1 Å². The molecule has 4 nitrogen and oxygen atoms in total. The normalized spacial score (nSPS) is 47.8. The Balaban J connectivity index is 1.75. The molecular formula is C22H30O4. The molecular weight excluding hydrogens is 328 g/mol. The SMILES string of the molecule is CC(=O)[C@@H]1[C@H](C)C[C@H]2[C@@H]3CCC4=CC(=O)C(O)=C(O)[C@]4(C)[C@H]3CC[C@]12C. The van der Waals surface area contributed by atoms with E-state index in [0.717, 1.165) is 37.7 Å². The minimum Gasteiger partial charge on any atom is -0.507 e. The van der Waals surface area contributed by atoms with Gasteiger partial charge in [-0.15, -0.1) is 0 Å². The third kappa shape index (κ3) is 2.02. The molecule has 26 heavy (non-hydrogen) atoms. The summed E-state index contributed by atoms with van der Waals surface area (Å²) in [5, 5.41) is 20.9. The Hall–Kier alpha value is -1.58. The lowest BCUT2D eigenvalue weighted by atomic mass is 9.47. The minimum atomic E-state index is -0.639. The average Bonchev–Trinajstić information content (AvgIpc) is 2.85. The lowest BCUT2D eigenvalue weighted by Gasteiger charge is -2.57. The summed E-state index contributed by atoms with van der Waals surface area (Å²) in [7, 11) is 0. The Labute approximate surface area is 155 Å². The molecule has 0 unspecified atom stereocenters. The number of hydrogen-bond donors (Lipinski definition) is 2. The zero-order valence-corrected chi connectivity index (χ0v) is 16.2. The molecule has 0 radical (unpaired) electrons. The summed E-state index contributed by atoms with van der Waals surface area (Å²) in [6.45, 7) is 8.25. The second-order valence-electron chi connectivity index (χ2n) is 9.69. The van der Waals surface area contributed by atoms with Crippen LogP contribution in [0.3, 0.4) is 0 Å². The highest BCUT2D eigenvalue weighted by Crippen LogP contribution is 2.68. The molecule has 0 aromatic heterocycles. The first-order valence-corrected chi connectivity index (χ1v) is 10.0. The van der Waals surface area contributed by atoms with Crippen LogP contribution in [0, 0.1) is 40.4 Å². The number of fused-ring (bicyclic) bond motifs is 5. The number of rotatable bonds is 1. The second kappa shape index (κ2) is 5.46. The number of aliphatic hydroxyl groups excluding tert-OH is 2. The standard InChI is InChI=1S/C22H30O4/c1-11-9-16-14-6-5-13-10-17(24)19(25)20(26)22(13,4)15(14)7-8-21(16,3)18(11)12(2)23/h10-11,14-16,18,25-26H,5-9H2,1-4H3/t11-,14-,15+,16+,18+,21+,22+/m1/s1. The van der Waals surface area contributed by atoms with Crippen LogP contribution in [-0.2, 0) is 9.59 Å². The van der Waals surface area contributed by atoms with Gasteiger partial charge in [0.15, 0.2) is 0 Å². The molecule has 0 heterocycles. The molecule has 7 atom stereocenters. The van der Waals surface area contributed by atoms with Gasteiger partial charge >= 0.3 is 0 Å². The van der Waals surface area contributed by atoms with E-state index in [4.69, 9.17) is 0 Å². The smallest absolute Gasteiger partial charge is 0.223 e. The van der Waals surface area contributed by atoms with Crippen molar-refractivity contribution in [3.63, 3.8) is 0 Å². The number of carbonyl (C=O) groups excluding carboxylic acids is 2. The fourth-order valence-corrected chi connectivity index (χ4v) is 7.60. The summed E-state index contributed by atoms with van der Waals surface area (Å²) in [5.74, 6) is 0.863. The first-order valence-electron chi connectivity index (χ1n) is 10.0. The maximum Gasteiger partial charge on any atom is 0.223 e. The van der Waals surface area contributed by atoms with E-state index in [9.17, 15) is 19.8 Å². The number of hydrogen-bond acceptors (Lipinski definition) is 4. The van der Waals surface area contributed by atoms with Gasteiger partial charge in [-0.2, -0.15) is 0 Å². The van der Waals surface area contributed by atoms with Crippen LogP contribution < -0.4 is 0 Å². The molecule has 4 heteroatoms. The van der Waals surface area contributed by atoms with Crippen LogP contribution >= 0.6 is 0 Å². The molecule has 142 valence electrons. The Kier molecular flexibility index (Phi) is 3.74. The topological polar surface area (TPSA) is 74.6 Å². The summed E-state index contributed by atoms with van der Waals surface area (Å²) in [6.07, 6.45) is 6.30. The molecule has 0 aromatic rings. The van der Waals surface area contributed by atoms with E-state index >= 15 is 0 Å². The summed E-state index contributed by atoms with van der Waals surface area (Å²) in [4.78, 5) is 24.3. The van der Waals surface area contributed by atoms with Crippen LogP contribution in [0.5, 0.6) is 0 Å². The molecule has 3 saturated carbocycles. The highest BCUT2D eigenvalue weighted by atomic mass is 16.3. The van der Waals surface area contributed by atoms with Crippen molar-refractivity contribution in [2.24, 2.45) is 40.4 Å². The predicted molar refractivity (Wildman–Crippen MR) is 98.5 cm³/mol. The lowest BCUT2D eigenvalue weighted by molar-refractivity contribution is -0.129. The van der Waals surface area contributed by atoms with Gasteiger partial charge in [0, 0.05) is 5.92 Å². The zero-order valence-electron chi connectivity index (χ0n) is 16.2. The van der Waals surface area contributed by atoms with Crippen molar-refractivity contribution in [2.75, 3.05) is 0 Å². The van der Waals surface area contributed by atoms with Gasteiger partial charge in [-0.1, -0.05) is 19.4 Å². The fraction of sp³-hybridized carbons (Fsp3) is 0.727. The fourth-order valence-electron chi connectivity index (χ4n) is 7.60. The Morgan fingerprint density at radius 2 is 1.88 bits per heavy atom. The molecule has 0 saturated heterocycles. The molecule has 2 N–H and O–H groups in total. The molecule has 3 fully saturated rings. The van der Waals surface area contributed by atoms with Crippen molar-refractivity contribution in [3.05, 3.63) is 23.2 Å². The Morgan fingerprint density at radius 1 is 1.19 bits per heavy atom. The summed E-state index contributed by atoms with van der Waals surface area (Å²) < 4.78 is 0. The number of ketones is 2. The zero-order chi connectivity index (χ0) is 19.0. The second-order valence-corrected chi connectivity index (χ2v) is 9.69. The van der Waals surface area contributed by atoms with Crippen molar-refractivity contribution < 1.29 is 19.8 Å². The van der Waals surface area contributed by atoms with E-state index in [0.29, 0.717) is 23.5 Å². The highest BCUT2D eigenvalue weighted by molar-refractivity contribution is 6.04. The van der Waals surface area contributed by atoms with Gasteiger partial charge in [-0.25, -0.2) is 0 Å². The van der Waals surface area contributed by atoms with Crippen molar-refractivity contribution in [3.8, 4) is 0 Å². The third-order valence-corrected chi connectivity index (χ3v) is 8.63.